The summed E-state index contributed by atoms with van der Waals surface area (Å²) in [6.07, 6.45) is 0. The van der Waals surface area contributed by atoms with Gasteiger partial charge in [0.25, 0.3) is 0 Å². The van der Waals surface area contributed by atoms with Gasteiger partial charge in [-0.2, -0.15) is 0 Å². The molecule has 6 heteroatoms. The summed E-state index contributed by atoms with van der Waals surface area (Å²) in [5.74, 6) is -2.67. The van der Waals surface area contributed by atoms with Gasteiger partial charge in [0.05, 0.1) is 12.1 Å². The van der Waals surface area contributed by atoms with Crippen LogP contribution in [-0.4, -0.2) is 39.3 Å². The molecule has 0 aromatic carbocycles. The first kappa shape index (κ1) is 10.9. The minimum Gasteiger partial charge on any atom is -0.784 e. The SMILES string of the molecule is C[C@H](C(=O)O)N([O-])[C@H](C)C(=O)O. The second-order valence-electron chi connectivity index (χ2n) is 2.39. The summed E-state index contributed by atoms with van der Waals surface area (Å²) in [6.45, 7) is 2.27. The van der Waals surface area contributed by atoms with Crippen molar-refractivity contribution in [1.82, 2.24) is 5.06 Å². The topological polar surface area (TPSA) is 101 Å². The number of hydrogen-bond donors (Lipinski definition) is 2. The quantitative estimate of drug-likeness (QED) is 0.572. The third kappa shape index (κ3) is 2.48. The Morgan fingerprint density at radius 3 is 1.58 bits per heavy atom. The molecule has 2 atom stereocenters. The molecule has 0 fully saturated rings. The van der Waals surface area contributed by atoms with E-state index in [0.717, 1.165) is 13.8 Å². The van der Waals surface area contributed by atoms with Gasteiger partial charge in [0, 0.05) is 0 Å². The van der Waals surface area contributed by atoms with E-state index >= 15 is 0 Å². The van der Waals surface area contributed by atoms with Crippen LogP contribution in [0.2, 0.25) is 0 Å². The molecule has 0 heterocycles. The van der Waals surface area contributed by atoms with Crippen LogP contribution in [0.1, 0.15) is 13.8 Å². The molecule has 0 aliphatic carbocycles. The van der Waals surface area contributed by atoms with E-state index in [-0.39, 0.29) is 5.06 Å². The molecule has 0 saturated heterocycles. The number of carboxylic acids is 2. The van der Waals surface area contributed by atoms with Gasteiger partial charge in [0.2, 0.25) is 0 Å². The largest absolute Gasteiger partial charge is 0.784 e. The van der Waals surface area contributed by atoms with E-state index in [1.165, 1.54) is 0 Å². The molecule has 0 rings (SSSR count). The molecule has 0 amide bonds. The number of rotatable bonds is 4. The van der Waals surface area contributed by atoms with Gasteiger partial charge in [-0.05, 0) is 13.8 Å². The first-order valence-electron chi connectivity index (χ1n) is 3.29. The van der Waals surface area contributed by atoms with E-state index in [0.29, 0.717) is 0 Å². The summed E-state index contributed by atoms with van der Waals surface area (Å²) in [6, 6.07) is -2.67. The van der Waals surface area contributed by atoms with Crippen LogP contribution in [-0.2, 0) is 9.59 Å². The fourth-order valence-electron chi connectivity index (χ4n) is 0.553. The predicted octanol–water partition coefficient (Wildman–Crippen LogP) is -0.268. The Labute approximate surface area is 69.0 Å². The fourth-order valence-corrected chi connectivity index (χ4v) is 0.553. The number of carbonyl (C=O) groups is 2. The van der Waals surface area contributed by atoms with Crippen LogP contribution in [0.5, 0.6) is 0 Å². The fraction of sp³-hybridized carbons (Fsp3) is 0.667. The maximum absolute atomic E-state index is 10.9. The van der Waals surface area contributed by atoms with E-state index in [1.54, 1.807) is 0 Å². The van der Waals surface area contributed by atoms with Gasteiger partial charge in [0.1, 0.15) is 0 Å². The van der Waals surface area contributed by atoms with Gasteiger partial charge in [-0.3, -0.25) is 9.59 Å². The highest BCUT2D eigenvalue weighted by molar-refractivity contribution is 5.77. The number of hydrogen-bond acceptors (Lipinski definition) is 4. The average molecular weight is 176 g/mol. The maximum atomic E-state index is 10.9. The van der Waals surface area contributed by atoms with Crippen LogP contribution in [0, 0.1) is 5.21 Å². The third-order valence-electron chi connectivity index (χ3n) is 1.48. The van der Waals surface area contributed by atoms with E-state index in [4.69, 9.17) is 10.2 Å². The summed E-state index contributed by atoms with van der Waals surface area (Å²) in [7, 11) is 0. The van der Waals surface area contributed by atoms with Crippen molar-refractivity contribution in [3.8, 4) is 0 Å². The Kier molecular flexibility index (Phi) is 3.65. The molecule has 0 aliphatic heterocycles. The van der Waals surface area contributed by atoms with Gasteiger partial charge in [-0.1, -0.05) is 0 Å². The predicted molar refractivity (Wildman–Crippen MR) is 39.4 cm³/mol. The van der Waals surface area contributed by atoms with Crippen molar-refractivity contribution in [3.05, 3.63) is 5.21 Å². The molecule has 6 nitrogen and oxygen atoms in total. The van der Waals surface area contributed by atoms with Crippen LogP contribution < -0.4 is 0 Å². The zero-order valence-corrected chi connectivity index (χ0v) is 6.72. The molecule has 0 unspecified atom stereocenters. The summed E-state index contributed by atoms with van der Waals surface area (Å²) >= 11 is 0. The Bertz CT molecular complexity index is 172. The molecule has 0 aliphatic rings. The number of carboxylic acid groups (broad SMARTS) is 2. The lowest BCUT2D eigenvalue weighted by Gasteiger charge is -2.35. The minimum absolute atomic E-state index is 0.0324. The van der Waals surface area contributed by atoms with Crippen LogP contribution in [0.4, 0.5) is 0 Å². The molecular formula is C6H10NO5-. The van der Waals surface area contributed by atoms with Crippen molar-refractivity contribution in [3.63, 3.8) is 0 Å². The number of nitrogens with zero attached hydrogens (tertiary/aromatic N) is 1. The van der Waals surface area contributed by atoms with Gasteiger partial charge in [-0.25, -0.2) is 0 Å². The van der Waals surface area contributed by atoms with Crippen molar-refractivity contribution in [1.29, 1.82) is 0 Å². The third-order valence-corrected chi connectivity index (χ3v) is 1.48. The van der Waals surface area contributed by atoms with Crippen molar-refractivity contribution in [2.75, 3.05) is 0 Å². The normalized spacial score (nSPS) is 15.7. The molecule has 2 N–H and O–H groups in total. The highest BCUT2D eigenvalue weighted by atomic mass is 16.5. The van der Waals surface area contributed by atoms with E-state index in [2.05, 4.69) is 0 Å². The monoisotopic (exact) mass is 176 g/mol. The molecule has 70 valence electrons. The lowest BCUT2D eigenvalue weighted by molar-refractivity contribution is -0.147. The summed E-state index contributed by atoms with van der Waals surface area (Å²) in [4.78, 5) is 20.5. The summed E-state index contributed by atoms with van der Waals surface area (Å²) < 4.78 is 0. The maximum Gasteiger partial charge on any atom is 0.319 e. The molecule has 0 radical (unpaired) electrons. The summed E-state index contributed by atoms with van der Waals surface area (Å²) in [5.41, 5.74) is 0. The average Bonchev–Trinajstić information content (AvgIpc) is 2.00. The molecular weight excluding hydrogens is 166 g/mol. The first-order valence-corrected chi connectivity index (χ1v) is 3.29. The summed E-state index contributed by atoms with van der Waals surface area (Å²) in [5, 5.41) is 27.6. The lowest BCUT2D eigenvalue weighted by atomic mass is 10.2. The second kappa shape index (κ2) is 4.03. The van der Waals surface area contributed by atoms with Crippen molar-refractivity contribution in [2.45, 2.75) is 25.9 Å². The lowest BCUT2D eigenvalue weighted by Crippen LogP contribution is -2.44. The molecule has 12 heavy (non-hydrogen) atoms. The van der Waals surface area contributed by atoms with Gasteiger partial charge < -0.3 is 20.5 Å². The molecule has 0 spiro atoms. The zero-order chi connectivity index (χ0) is 9.89. The molecule has 0 bridgehead atoms. The van der Waals surface area contributed by atoms with Crippen LogP contribution in [0.25, 0.3) is 0 Å². The smallest absolute Gasteiger partial charge is 0.319 e. The van der Waals surface area contributed by atoms with Gasteiger partial charge in [-0.15, -0.1) is 0 Å². The Balaban J connectivity index is 4.28. The number of hydroxylamine groups is 2. The van der Waals surface area contributed by atoms with E-state index in [9.17, 15) is 14.8 Å². The Morgan fingerprint density at radius 1 is 1.17 bits per heavy atom. The van der Waals surface area contributed by atoms with Crippen molar-refractivity contribution >= 4 is 11.9 Å². The van der Waals surface area contributed by atoms with E-state index < -0.39 is 24.0 Å². The van der Waals surface area contributed by atoms with Gasteiger partial charge in [0.15, 0.2) is 0 Å². The van der Waals surface area contributed by atoms with Crippen molar-refractivity contribution in [2.24, 2.45) is 0 Å². The molecule has 0 saturated carbocycles. The minimum atomic E-state index is -1.34. The number of aliphatic carboxylic acids is 2. The van der Waals surface area contributed by atoms with E-state index in [1.807, 2.05) is 0 Å². The first-order chi connectivity index (χ1) is 5.37. The van der Waals surface area contributed by atoms with Crippen LogP contribution in [0.3, 0.4) is 0 Å². The Morgan fingerprint density at radius 2 is 1.42 bits per heavy atom. The van der Waals surface area contributed by atoms with Crippen LogP contribution >= 0.6 is 0 Å². The highest BCUT2D eigenvalue weighted by Gasteiger charge is 2.21. The molecule has 0 aromatic heterocycles. The highest BCUT2D eigenvalue weighted by Crippen LogP contribution is 2.03. The Hall–Kier alpha value is -1.14. The van der Waals surface area contributed by atoms with Crippen LogP contribution in [0.15, 0.2) is 0 Å². The standard InChI is InChI=1S/C6H10NO5/c1-3(5(8)9)7(12)4(2)6(10)11/h3-4H,1-2H3,(H,8,9)(H,10,11)/q-1/t3-,4-/m1/s1. The second-order valence-corrected chi connectivity index (χ2v) is 2.39. The molecule has 0 aromatic rings. The van der Waals surface area contributed by atoms with Gasteiger partial charge >= 0.3 is 11.9 Å². The zero-order valence-electron chi connectivity index (χ0n) is 6.72. The van der Waals surface area contributed by atoms with Crippen molar-refractivity contribution < 1.29 is 19.8 Å².